The molecule has 0 saturated carbocycles. The highest BCUT2D eigenvalue weighted by Crippen LogP contribution is 2.05. The van der Waals surface area contributed by atoms with Gasteiger partial charge in [-0.3, -0.25) is 4.90 Å². The van der Waals surface area contributed by atoms with Crippen LogP contribution in [-0.2, 0) is 4.74 Å². The SMILES string of the molecule is CC[C@H](CN)N1CCOCC1. The van der Waals surface area contributed by atoms with Crippen LogP contribution in [0.15, 0.2) is 0 Å². The van der Waals surface area contributed by atoms with E-state index in [9.17, 15) is 0 Å². The van der Waals surface area contributed by atoms with E-state index in [1.54, 1.807) is 0 Å². The van der Waals surface area contributed by atoms with Gasteiger partial charge in [-0.1, -0.05) is 6.92 Å². The lowest BCUT2D eigenvalue weighted by Gasteiger charge is -2.33. The molecule has 1 aliphatic heterocycles. The fourth-order valence-corrected chi connectivity index (χ4v) is 1.52. The van der Waals surface area contributed by atoms with E-state index in [4.69, 9.17) is 10.5 Å². The quantitative estimate of drug-likeness (QED) is 0.631. The first kappa shape index (κ1) is 8.97. The third-order valence-electron chi connectivity index (χ3n) is 2.31. The van der Waals surface area contributed by atoms with Gasteiger partial charge in [0, 0.05) is 25.7 Å². The largest absolute Gasteiger partial charge is 0.379 e. The molecular formula is C8H18N2O. The van der Waals surface area contributed by atoms with Gasteiger partial charge in [-0.2, -0.15) is 0 Å². The zero-order valence-corrected chi connectivity index (χ0v) is 7.25. The van der Waals surface area contributed by atoms with Gasteiger partial charge in [-0.05, 0) is 6.42 Å². The minimum atomic E-state index is 0.568. The highest BCUT2D eigenvalue weighted by atomic mass is 16.5. The minimum absolute atomic E-state index is 0.568. The summed E-state index contributed by atoms with van der Waals surface area (Å²) in [6.45, 7) is 6.81. The van der Waals surface area contributed by atoms with Crippen molar-refractivity contribution in [3.8, 4) is 0 Å². The number of hydrogen-bond acceptors (Lipinski definition) is 3. The van der Waals surface area contributed by atoms with Gasteiger partial charge >= 0.3 is 0 Å². The Kier molecular flexibility index (Phi) is 3.83. The van der Waals surface area contributed by atoms with Crippen molar-refractivity contribution in [1.82, 2.24) is 4.90 Å². The lowest BCUT2D eigenvalue weighted by Crippen LogP contribution is -2.46. The summed E-state index contributed by atoms with van der Waals surface area (Å²) in [5.41, 5.74) is 5.63. The Labute approximate surface area is 68.5 Å². The predicted octanol–water partition coefficient (Wildman–Crippen LogP) is 0.0559. The molecule has 0 spiro atoms. The Morgan fingerprint density at radius 2 is 2.09 bits per heavy atom. The third-order valence-corrected chi connectivity index (χ3v) is 2.31. The Hall–Kier alpha value is -0.120. The van der Waals surface area contributed by atoms with E-state index in [0.29, 0.717) is 6.04 Å². The molecule has 66 valence electrons. The maximum absolute atomic E-state index is 5.63. The van der Waals surface area contributed by atoms with Crippen molar-refractivity contribution in [2.45, 2.75) is 19.4 Å². The molecule has 1 saturated heterocycles. The van der Waals surface area contributed by atoms with Crippen LogP contribution in [0.1, 0.15) is 13.3 Å². The van der Waals surface area contributed by atoms with Gasteiger partial charge in [0.25, 0.3) is 0 Å². The zero-order chi connectivity index (χ0) is 8.10. The monoisotopic (exact) mass is 158 g/mol. The van der Waals surface area contributed by atoms with Crippen LogP contribution in [0.4, 0.5) is 0 Å². The van der Waals surface area contributed by atoms with Gasteiger partial charge in [-0.25, -0.2) is 0 Å². The molecule has 0 radical (unpaired) electrons. The molecule has 1 atom stereocenters. The van der Waals surface area contributed by atoms with Crippen LogP contribution in [0, 0.1) is 0 Å². The van der Waals surface area contributed by atoms with Crippen molar-refractivity contribution in [2.24, 2.45) is 5.73 Å². The lowest BCUT2D eigenvalue weighted by molar-refractivity contribution is 0.0176. The molecule has 0 aliphatic carbocycles. The molecule has 3 heteroatoms. The Morgan fingerprint density at radius 3 is 2.55 bits per heavy atom. The van der Waals surface area contributed by atoms with Gasteiger partial charge in [-0.15, -0.1) is 0 Å². The smallest absolute Gasteiger partial charge is 0.0594 e. The number of ether oxygens (including phenoxy) is 1. The summed E-state index contributed by atoms with van der Waals surface area (Å²) in [6, 6.07) is 0.568. The first-order chi connectivity index (χ1) is 5.38. The molecule has 0 amide bonds. The number of rotatable bonds is 3. The van der Waals surface area contributed by atoms with Crippen LogP contribution in [0.25, 0.3) is 0 Å². The van der Waals surface area contributed by atoms with Crippen molar-refractivity contribution in [3.63, 3.8) is 0 Å². The van der Waals surface area contributed by atoms with Crippen molar-refractivity contribution in [1.29, 1.82) is 0 Å². The van der Waals surface area contributed by atoms with Crippen molar-refractivity contribution in [3.05, 3.63) is 0 Å². The second kappa shape index (κ2) is 4.70. The van der Waals surface area contributed by atoms with E-state index in [2.05, 4.69) is 11.8 Å². The molecule has 1 rings (SSSR count). The second-order valence-corrected chi connectivity index (χ2v) is 2.95. The first-order valence-electron chi connectivity index (χ1n) is 4.40. The van der Waals surface area contributed by atoms with Gasteiger partial charge < -0.3 is 10.5 Å². The molecule has 11 heavy (non-hydrogen) atoms. The number of morpholine rings is 1. The highest BCUT2D eigenvalue weighted by Gasteiger charge is 2.17. The van der Waals surface area contributed by atoms with E-state index in [1.807, 2.05) is 0 Å². The van der Waals surface area contributed by atoms with Crippen LogP contribution in [0.2, 0.25) is 0 Å². The number of nitrogens with zero attached hydrogens (tertiary/aromatic N) is 1. The molecule has 1 fully saturated rings. The van der Waals surface area contributed by atoms with E-state index in [-0.39, 0.29) is 0 Å². The van der Waals surface area contributed by atoms with E-state index in [1.165, 1.54) is 0 Å². The summed E-state index contributed by atoms with van der Waals surface area (Å²) < 4.78 is 5.26. The summed E-state index contributed by atoms with van der Waals surface area (Å²) in [5, 5.41) is 0. The van der Waals surface area contributed by atoms with Crippen molar-refractivity contribution >= 4 is 0 Å². The molecule has 1 aliphatic rings. The summed E-state index contributed by atoms with van der Waals surface area (Å²) in [4.78, 5) is 2.42. The van der Waals surface area contributed by atoms with Crippen molar-refractivity contribution < 1.29 is 4.74 Å². The summed E-state index contributed by atoms with van der Waals surface area (Å²) in [7, 11) is 0. The molecule has 0 unspecified atom stereocenters. The Morgan fingerprint density at radius 1 is 1.45 bits per heavy atom. The first-order valence-corrected chi connectivity index (χ1v) is 4.40. The fourth-order valence-electron chi connectivity index (χ4n) is 1.52. The molecule has 1 heterocycles. The van der Waals surface area contributed by atoms with Crippen LogP contribution < -0.4 is 5.73 Å². The molecule has 0 aromatic carbocycles. The highest BCUT2D eigenvalue weighted by molar-refractivity contribution is 4.72. The van der Waals surface area contributed by atoms with Gasteiger partial charge in [0.2, 0.25) is 0 Å². The van der Waals surface area contributed by atoms with Gasteiger partial charge in [0.15, 0.2) is 0 Å². The average Bonchev–Trinajstić information content (AvgIpc) is 2.09. The molecular weight excluding hydrogens is 140 g/mol. The Bertz CT molecular complexity index is 98.3. The summed E-state index contributed by atoms with van der Waals surface area (Å²) in [5.74, 6) is 0. The van der Waals surface area contributed by atoms with Crippen LogP contribution in [-0.4, -0.2) is 43.8 Å². The third kappa shape index (κ3) is 2.43. The zero-order valence-electron chi connectivity index (χ0n) is 7.25. The molecule has 0 aromatic rings. The van der Waals surface area contributed by atoms with E-state index >= 15 is 0 Å². The van der Waals surface area contributed by atoms with E-state index < -0.39 is 0 Å². The molecule has 0 aromatic heterocycles. The summed E-state index contributed by atoms with van der Waals surface area (Å²) in [6.07, 6.45) is 1.15. The minimum Gasteiger partial charge on any atom is -0.379 e. The van der Waals surface area contributed by atoms with Gasteiger partial charge in [0.05, 0.1) is 13.2 Å². The van der Waals surface area contributed by atoms with Crippen LogP contribution in [0.3, 0.4) is 0 Å². The Balaban J connectivity index is 2.30. The standard InChI is InChI=1S/C8H18N2O/c1-2-8(7-9)10-3-5-11-6-4-10/h8H,2-7,9H2,1H3/t8-/m1/s1. The molecule has 3 nitrogen and oxygen atoms in total. The molecule has 2 N–H and O–H groups in total. The summed E-state index contributed by atoms with van der Waals surface area (Å²) >= 11 is 0. The van der Waals surface area contributed by atoms with Crippen LogP contribution >= 0.6 is 0 Å². The normalized spacial score (nSPS) is 23.5. The predicted molar refractivity (Wildman–Crippen MR) is 45.5 cm³/mol. The van der Waals surface area contributed by atoms with Crippen LogP contribution in [0.5, 0.6) is 0 Å². The molecule has 0 bridgehead atoms. The number of hydrogen-bond donors (Lipinski definition) is 1. The van der Waals surface area contributed by atoms with Gasteiger partial charge in [0.1, 0.15) is 0 Å². The lowest BCUT2D eigenvalue weighted by atomic mass is 10.2. The maximum Gasteiger partial charge on any atom is 0.0594 e. The van der Waals surface area contributed by atoms with Crippen molar-refractivity contribution in [2.75, 3.05) is 32.8 Å². The fraction of sp³-hybridized carbons (Fsp3) is 1.00. The maximum atomic E-state index is 5.63. The van der Waals surface area contributed by atoms with E-state index in [0.717, 1.165) is 39.3 Å². The topological polar surface area (TPSA) is 38.5 Å². The second-order valence-electron chi connectivity index (χ2n) is 2.95. The number of nitrogens with two attached hydrogens (primary N) is 1. The average molecular weight is 158 g/mol.